The molecule has 2 nitrogen and oxygen atoms in total. The Labute approximate surface area is 85.1 Å². The molecule has 14 heavy (non-hydrogen) atoms. The molecule has 1 saturated heterocycles. The van der Waals surface area contributed by atoms with E-state index in [2.05, 4.69) is 38.1 Å². The Morgan fingerprint density at radius 3 is 2.14 bits per heavy atom. The lowest BCUT2D eigenvalue weighted by Gasteiger charge is -2.51. The summed E-state index contributed by atoms with van der Waals surface area (Å²) < 4.78 is 5.34. The highest BCUT2D eigenvalue weighted by Crippen LogP contribution is 2.40. The quantitative estimate of drug-likeness (QED) is 0.772. The Hall–Kier alpha value is -0.860. The second-order valence-electron chi connectivity index (χ2n) is 4.66. The molecule has 0 atom stereocenters. The van der Waals surface area contributed by atoms with Crippen molar-refractivity contribution in [3.8, 4) is 0 Å². The van der Waals surface area contributed by atoms with Gasteiger partial charge in [0.25, 0.3) is 0 Å². The topological polar surface area (TPSA) is 35.2 Å². The molecule has 76 valence electrons. The van der Waals surface area contributed by atoms with Crippen molar-refractivity contribution in [3.05, 3.63) is 35.9 Å². The third-order valence-electron chi connectivity index (χ3n) is 3.26. The first-order chi connectivity index (χ1) is 6.56. The summed E-state index contributed by atoms with van der Waals surface area (Å²) in [5, 5.41) is 0. The van der Waals surface area contributed by atoms with Gasteiger partial charge in [-0.05, 0) is 19.4 Å². The minimum Gasteiger partial charge on any atom is -0.379 e. The summed E-state index contributed by atoms with van der Waals surface area (Å²) in [4.78, 5) is 0. The van der Waals surface area contributed by atoms with Gasteiger partial charge in [0, 0.05) is 5.54 Å². The van der Waals surface area contributed by atoms with Crippen LogP contribution in [0.4, 0.5) is 0 Å². The monoisotopic (exact) mass is 191 g/mol. The Morgan fingerprint density at radius 2 is 1.79 bits per heavy atom. The van der Waals surface area contributed by atoms with Crippen molar-refractivity contribution in [1.29, 1.82) is 0 Å². The maximum atomic E-state index is 6.23. The summed E-state index contributed by atoms with van der Waals surface area (Å²) in [5.41, 5.74) is 7.30. The number of hydrogen-bond donors (Lipinski definition) is 1. The SMILES string of the molecule is CC(C)(N)C1(c2ccccc2)COC1. The van der Waals surface area contributed by atoms with Crippen LogP contribution in [0.5, 0.6) is 0 Å². The lowest BCUT2D eigenvalue weighted by atomic mass is 9.66. The Bertz CT molecular complexity index is 309. The molecule has 1 aliphatic rings. The fraction of sp³-hybridized carbons (Fsp3) is 0.500. The molecule has 0 saturated carbocycles. The van der Waals surface area contributed by atoms with Crippen molar-refractivity contribution < 1.29 is 4.74 Å². The first-order valence-corrected chi connectivity index (χ1v) is 4.98. The molecule has 0 unspecified atom stereocenters. The smallest absolute Gasteiger partial charge is 0.0603 e. The van der Waals surface area contributed by atoms with E-state index in [4.69, 9.17) is 10.5 Å². The second kappa shape index (κ2) is 3.07. The van der Waals surface area contributed by atoms with Crippen molar-refractivity contribution in [1.82, 2.24) is 0 Å². The van der Waals surface area contributed by atoms with E-state index in [1.165, 1.54) is 5.56 Å². The van der Waals surface area contributed by atoms with E-state index < -0.39 is 0 Å². The molecule has 0 radical (unpaired) electrons. The van der Waals surface area contributed by atoms with Crippen molar-refractivity contribution in [2.45, 2.75) is 24.8 Å². The van der Waals surface area contributed by atoms with E-state index in [1.54, 1.807) is 0 Å². The summed E-state index contributed by atoms with van der Waals surface area (Å²) >= 11 is 0. The highest BCUT2D eigenvalue weighted by molar-refractivity contribution is 5.32. The van der Waals surface area contributed by atoms with Gasteiger partial charge in [0.15, 0.2) is 0 Å². The largest absolute Gasteiger partial charge is 0.379 e. The first kappa shape index (κ1) is 9.69. The Morgan fingerprint density at radius 1 is 1.21 bits per heavy atom. The normalized spacial score (nSPS) is 20.2. The predicted octanol–water partition coefficient (Wildman–Crippen LogP) is 1.69. The molecule has 1 fully saturated rings. The molecule has 2 N–H and O–H groups in total. The Balaban J connectivity index is 2.39. The molecule has 0 spiro atoms. The third kappa shape index (κ3) is 1.26. The maximum absolute atomic E-state index is 6.23. The summed E-state index contributed by atoms with van der Waals surface area (Å²) in [6.45, 7) is 5.62. The lowest BCUT2D eigenvalue weighted by Crippen LogP contribution is -2.64. The van der Waals surface area contributed by atoms with E-state index >= 15 is 0 Å². The fourth-order valence-electron chi connectivity index (χ4n) is 1.97. The highest BCUT2D eigenvalue weighted by Gasteiger charge is 2.50. The van der Waals surface area contributed by atoms with Crippen molar-refractivity contribution >= 4 is 0 Å². The molecular weight excluding hydrogens is 174 g/mol. The van der Waals surface area contributed by atoms with Gasteiger partial charge in [-0.15, -0.1) is 0 Å². The van der Waals surface area contributed by atoms with Gasteiger partial charge >= 0.3 is 0 Å². The molecular formula is C12H17NO. The highest BCUT2D eigenvalue weighted by atomic mass is 16.5. The molecule has 1 heterocycles. The van der Waals surface area contributed by atoms with Gasteiger partial charge in [-0.25, -0.2) is 0 Å². The van der Waals surface area contributed by atoms with Crippen molar-refractivity contribution in [2.24, 2.45) is 5.73 Å². The van der Waals surface area contributed by atoms with Crippen molar-refractivity contribution in [2.75, 3.05) is 13.2 Å². The second-order valence-corrected chi connectivity index (χ2v) is 4.66. The van der Waals surface area contributed by atoms with Gasteiger partial charge in [-0.3, -0.25) is 0 Å². The third-order valence-corrected chi connectivity index (χ3v) is 3.26. The van der Waals surface area contributed by atoms with Crippen LogP contribution in [0.3, 0.4) is 0 Å². The number of benzene rings is 1. The average Bonchev–Trinajstić information content (AvgIpc) is 2.01. The van der Waals surface area contributed by atoms with Crippen LogP contribution in [0, 0.1) is 0 Å². The lowest BCUT2D eigenvalue weighted by molar-refractivity contribution is -0.0918. The van der Waals surface area contributed by atoms with Crippen LogP contribution in [0.1, 0.15) is 19.4 Å². The van der Waals surface area contributed by atoms with Gasteiger partial charge in [-0.1, -0.05) is 30.3 Å². The van der Waals surface area contributed by atoms with Crippen molar-refractivity contribution in [3.63, 3.8) is 0 Å². The van der Waals surface area contributed by atoms with E-state index in [-0.39, 0.29) is 11.0 Å². The number of nitrogens with two attached hydrogens (primary N) is 1. The van der Waals surface area contributed by atoms with Crippen LogP contribution in [-0.4, -0.2) is 18.8 Å². The minimum absolute atomic E-state index is 0.00819. The molecule has 2 heteroatoms. The van der Waals surface area contributed by atoms with Gasteiger partial charge in [0.1, 0.15) is 0 Å². The molecule has 1 aromatic rings. The fourth-order valence-corrected chi connectivity index (χ4v) is 1.97. The molecule has 0 aliphatic carbocycles. The summed E-state index contributed by atoms with van der Waals surface area (Å²) in [6.07, 6.45) is 0. The summed E-state index contributed by atoms with van der Waals surface area (Å²) in [5.74, 6) is 0. The van der Waals surface area contributed by atoms with E-state index in [9.17, 15) is 0 Å². The van der Waals surface area contributed by atoms with E-state index in [1.807, 2.05) is 6.07 Å². The van der Waals surface area contributed by atoms with Crippen LogP contribution < -0.4 is 5.73 Å². The van der Waals surface area contributed by atoms with Crippen LogP contribution in [0.15, 0.2) is 30.3 Å². The summed E-state index contributed by atoms with van der Waals surface area (Å²) in [7, 11) is 0. The summed E-state index contributed by atoms with van der Waals surface area (Å²) in [6, 6.07) is 10.4. The van der Waals surface area contributed by atoms with E-state index in [0.29, 0.717) is 0 Å². The van der Waals surface area contributed by atoms with Gasteiger partial charge in [0.05, 0.1) is 18.6 Å². The molecule has 0 aromatic heterocycles. The van der Waals surface area contributed by atoms with Crippen LogP contribution in [0.25, 0.3) is 0 Å². The number of hydrogen-bond acceptors (Lipinski definition) is 2. The first-order valence-electron chi connectivity index (χ1n) is 4.98. The zero-order chi connectivity index (χ0) is 10.2. The van der Waals surface area contributed by atoms with Gasteiger partial charge in [-0.2, -0.15) is 0 Å². The minimum atomic E-state index is -0.230. The molecule has 1 aliphatic heterocycles. The number of rotatable bonds is 2. The molecule has 0 bridgehead atoms. The maximum Gasteiger partial charge on any atom is 0.0603 e. The molecule has 2 rings (SSSR count). The van der Waals surface area contributed by atoms with Crippen LogP contribution in [0.2, 0.25) is 0 Å². The molecule has 1 aromatic carbocycles. The standard InChI is InChI=1S/C12H17NO/c1-11(2,13)12(8-14-9-12)10-6-4-3-5-7-10/h3-7H,8-9,13H2,1-2H3. The zero-order valence-electron chi connectivity index (χ0n) is 8.79. The van der Waals surface area contributed by atoms with Gasteiger partial charge in [0.2, 0.25) is 0 Å². The zero-order valence-corrected chi connectivity index (χ0v) is 8.79. The van der Waals surface area contributed by atoms with E-state index in [0.717, 1.165) is 13.2 Å². The number of ether oxygens (including phenoxy) is 1. The average molecular weight is 191 g/mol. The van der Waals surface area contributed by atoms with Crippen LogP contribution >= 0.6 is 0 Å². The molecule has 0 amide bonds. The van der Waals surface area contributed by atoms with Gasteiger partial charge < -0.3 is 10.5 Å². The predicted molar refractivity (Wildman–Crippen MR) is 57.2 cm³/mol. The Kier molecular flexibility index (Phi) is 2.13. The van der Waals surface area contributed by atoms with Crippen LogP contribution in [-0.2, 0) is 10.2 Å².